The van der Waals surface area contributed by atoms with E-state index in [2.05, 4.69) is 25.6 Å². The van der Waals surface area contributed by atoms with Crippen LogP contribution in [-0.2, 0) is 0 Å². The molecule has 0 nitrogen and oxygen atoms in total. The second kappa shape index (κ2) is 10.3. The zero-order chi connectivity index (χ0) is 9.28. The van der Waals surface area contributed by atoms with Gasteiger partial charge in [-0.25, -0.2) is 0 Å². The SMILES string of the molecule is CC.CC.CC1CCC(C)S1. The van der Waals surface area contributed by atoms with E-state index in [1.807, 2.05) is 27.7 Å². The normalized spacial score (nSPS) is 27.8. The lowest BCUT2D eigenvalue weighted by Crippen LogP contribution is -1.84. The van der Waals surface area contributed by atoms with E-state index >= 15 is 0 Å². The Morgan fingerprint density at radius 3 is 1.18 bits per heavy atom. The predicted molar refractivity (Wildman–Crippen MR) is 58.4 cm³/mol. The molecule has 1 rings (SSSR count). The van der Waals surface area contributed by atoms with Crippen molar-refractivity contribution in [1.29, 1.82) is 0 Å². The van der Waals surface area contributed by atoms with Crippen LogP contribution in [0.3, 0.4) is 0 Å². The van der Waals surface area contributed by atoms with Gasteiger partial charge < -0.3 is 0 Å². The molecule has 11 heavy (non-hydrogen) atoms. The van der Waals surface area contributed by atoms with Gasteiger partial charge in [0.05, 0.1) is 0 Å². The van der Waals surface area contributed by atoms with Gasteiger partial charge in [-0.05, 0) is 12.8 Å². The molecule has 0 N–H and O–H groups in total. The molecule has 1 saturated heterocycles. The minimum absolute atomic E-state index is 0.940. The van der Waals surface area contributed by atoms with Gasteiger partial charge in [0.25, 0.3) is 0 Å². The van der Waals surface area contributed by atoms with E-state index in [4.69, 9.17) is 0 Å². The summed E-state index contributed by atoms with van der Waals surface area (Å²) in [6.07, 6.45) is 2.87. The highest BCUT2D eigenvalue weighted by Crippen LogP contribution is 2.32. The van der Waals surface area contributed by atoms with Crippen LogP contribution in [0.1, 0.15) is 54.4 Å². The quantitative estimate of drug-likeness (QED) is 0.529. The van der Waals surface area contributed by atoms with Crippen molar-refractivity contribution in [2.75, 3.05) is 0 Å². The van der Waals surface area contributed by atoms with Crippen molar-refractivity contribution in [2.24, 2.45) is 0 Å². The van der Waals surface area contributed by atoms with Crippen molar-refractivity contribution >= 4 is 11.8 Å². The molecule has 0 amide bonds. The van der Waals surface area contributed by atoms with Crippen LogP contribution in [0.5, 0.6) is 0 Å². The zero-order valence-corrected chi connectivity index (χ0v) is 9.79. The minimum Gasteiger partial charge on any atom is -0.156 e. The number of hydrogen-bond donors (Lipinski definition) is 0. The maximum absolute atomic E-state index is 2.31. The zero-order valence-electron chi connectivity index (χ0n) is 8.98. The van der Waals surface area contributed by atoms with E-state index in [0.29, 0.717) is 0 Å². The molecule has 0 radical (unpaired) electrons. The summed E-state index contributed by atoms with van der Waals surface area (Å²) >= 11 is 2.12. The summed E-state index contributed by atoms with van der Waals surface area (Å²) < 4.78 is 0. The highest BCUT2D eigenvalue weighted by Gasteiger charge is 2.16. The molecule has 0 aliphatic carbocycles. The second-order valence-corrected chi connectivity index (χ2v) is 4.22. The van der Waals surface area contributed by atoms with Gasteiger partial charge in [-0.2, -0.15) is 11.8 Å². The summed E-state index contributed by atoms with van der Waals surface area (Å²) in [4.78, 5) is 0. The molecule has 2 atom stereocenters. The fourth-order valence-electron chi connectivity index (χ4n) is 1.00. The first-order chi connectivity index (χ1) is 5.29. The Kier molecular flexibility index (Phi) is 13.1. The van der Waals surface area contributed by atoms with E-state index in [1.165, 1.54) is 12.8 Å². The standard InChI is InChI=1S/C6H12S.2C2H6/c1-5-3-4-6(2)7-5;2*1-2/h5-6H,3-4H2,1-2H3;2*1-2H3. The van der Waals surface area contributed by atoms with Crippen molar-refractivity contribution < 1.29 is 0 Å². The van der Waals surface area contributed by atoms with E-state index in [0.717, 1.165) is 10.5 Å². The topological polar surface area (TPSA) is 0 Å². The Morgan fingerprint density at radius 1 is 0.818 bits per heavy atom. The molecule has 1 fully saturated rings. The smallest absolute Gasteiger partial charge is 0.00217 e. The molecule has 0 aromatic rings. The lowest BCUT2D eigenvalue weighted by atomic mass is 10.2. The third-order valence-electron chi connectivity index (χ3n) is 1.44. The molecule has 0 aromatic heterocycles. The van der Waals surface area contributed by atoms with Crippen LogP contribution in [0.2, 0.25) is 0 Å². The van der Waals surface area contributed by atoms with Crippen molar-refractivity contribution in [1.82, 2.24) is 0 Å². The number of rotatable bonds is 0. The fourth-order valence-corrected chi connectivity index (χ4v) is 2.34. The highest BCUT2D eigenvalue weighted by molar-refractivity contribution is 8.00. The molecule has 1 aliphatic heterocycles. The van der Waals surface area contributed by atoms with Crippen molar-refractivity contribution in [3.63, 3.8) is 0 Å². The monoisotopic (exact) mass is 176 g/mol. The van der Waals surface area contributed by atoms with Crippen molar-refractivity contribution in [3.8, 4) is 0 Å². The Bertz CT molecular complexity index is 53.9. The second-order valence-electron chi connectivity index (χ2n) is 2.33. The molecule has 2 unspecified atom stereocenters. The number of hydrogen-bond acceptors (Lipinski definition) is 1. The van der Waals surface area contributed by atoms with Gasteiger partial charge in [0.15, 0.2) is 0 Å². The first kappa shape index (κ1) is 13.9. The van der Waals surface area contributed by atoms with Crippen LogP contribution in [0.15, 0.2) is 0 Å². The molecule has 0 spiro atoms. The average Bonchev–Trinajstić information content (AvgIpc) is 2.43. The Morgan fingerprint density at radius 2 is 1.09 bits per heavy atom. The van der Waals surface area contributed by atoms with E-state index in [1.54, 1.807) is 0 Å². The van der Waals surface area contributed by atoms with Crippen LogP contribution in [0.25, 0.3) is 0 Å². The molecule has 1 heterocycles. The Hall–Kier alpha value is 0.350. The van der Waals surface area contributed by atoms with Crippen LogP contribution < -0.4 is 0 Å². The molecule has 0 saturated carbocycles. The van der Waals surface area contributed by atoms with E-state index in [-0.39, 0.29) is 0 Å². The van der Waals surface area contributed by atoms with Crippen LogP contribution >= 0.6 is 11.8 Å². The van der Waals surface area contributed by atoms with Gasteiger partial charge in [-0.1, -0.05) is 41.5 Å². The van der Waals surface area contributed by atoms with Gasteiger partial charge in [0, 0.05) is 10.5 Å². The summed E-state index contributed by atoms with van der Waals surface area (Å²) in [5, 5.41) is 1.88. The van der Waals surface area contributed by atoms with Gasteiger partial charge in [-0.3, -0.25) is 0 Å². The molecule has 70 valence electrons. The van der Waals surface area contributed by atoms with Gasteiger partial charge in [0.1, 0.15) is 0 Å². The largest absolute Gasteiger partial charge is 0.156 e. The van der Waals surface area contributed by atoms with Crippen molar-refractivity contribution in [2.45, 2.75) is 64.9 Å². The minimum atomic E-state index is 0.940. The molecule has 1 heteroatoms. The van der Waals surface area contributed by atoms with Crippen molar-refractivity contribution in [3.05, 3.63) is 0 Å². The van der Waals surface area contributed by atoms with Crippen LogP contribution in [-0.4, -0.2) is 10.5 Å². The summed E-state index contributed by atoms with van der Waals surface area (Å²) in [7, 11) is 0. The highest BCUT2D eigenvalue weighted by atomic mass is 32.2. The van der Waals surface area contributed by atoms with Gasteiger partial charge in [0.2, 0.25) is 0 Å². The fraction of sp³-hybridized carbons (Fsp3) is 1.00. The summed E-state index contributed by atoms with van der Waals surface area (Å²) in [6.45, 7) is 12.6. The van der Waals surface area contributed by atoms with E-state index in [9.17, 15) is 0 Å². The third-order valence-corrected chi connectivity index (χ3v) is 2.84. The Labute approximate surface area is 77.2 Å². The Balaban J connectivity index is 0. The van der Waals surface area contributed by atoms with E-state index < -0.39 is 0 Å². The van der Waals surface area contributed by atoms with Crippen LogP contribution in [0, 0.1) is 0 Å². The van der Waals surface area contributed by atoms with Gasteiger partial charge in [-0.15, -0.1) is 0 Å². The molecule has 0 aromatic carbocycles. The molecular formula is C10H24S. The maximum atomic E-state index is 2.31. The summed E-state index contributed by atoms with van der Waals surface area (Å²) in [5.41, 5.74) is 0. The van der Waals surface area contributed by atoms with Gasteiger partial charge >= 0.3 is 0 Å². The molecular weight excluding hydrogens is 152 g/mol. The first-order valence-electron chi connectivity index (χ1n) is 4.94. The van der Waals surface area contributed by atoms with Crippen LogP contribution in [0.4, 0.5) is 0 Å². The molecule has 1 aliphatic rings. The summed E-state index contributed by atoms with van der Waals surface area (Å²) in [6, 6.07) is 0. The average molecular weight is 176 g/mol. The maximum Gasteiger partial charge on any atom is 0.00217 e. The summed E-state index contributed by atoms with van der Waals surface area (Å²) in [5.74, 6) is 0. The molecule has 0 bridgehead atoms. The lowest BCUT2D eigenvalue weighted by molar-refractivity contribution is 0.777. The lowest BCUT2D eigenvalue weighted by Gasteiger charge is -1.97. The third kappa shape index (κ3) is 8.25. The predicted octanol–water partition coefficient (Wildman–Crippen LogP) is 4.34. The number of thioether (sulfide) groups is 1. The first-order valence-corrected chi connectivity index (χ1v) is 5.89.